The first kappa shape index (κ1) is 19.6. The minimum atomic E-state index is -0.699. The Labute approximate surface area is 153 Å². The van der Waals surface area contributed by atoms with Crippen LogP contribution in [0.1, 0.15) is 42.1 Å². The maximum absolute atomic E-state index is 13.0. The van der Waals surface area contributed by atoms with Crippen molar-refractivity contribution in [1.82, 2.24) is 10.4 Å². The number of ether oxygens (including phenoxy) is 2. The molecule has 8 heteroatoms. The molecule has 25 heavy (non-hydrogen) atoms. The van der Waals surface area contributed by atoms with Crippen LogP contribution in [-0.4, -0.2) is 47.3 Å². The number of nitrogens with zero attached hydrogens (tertiary/aromatic N) is 1. The van der Waals surface area contributed by atoms with Gasteiger partial charge in [0, 0.05) is 24.8 Å². The van der Waals surface area contributed by atoms with Gasteiger partial charge in [-0.05, 0) is 38.3 Å². The Morgan fingerprint density at radius 3 is 2.68 bits per heavy atom. The van der Waals surface area contributed by atoms with Gasteiger partial charge in [0.25, 0.3) is 11.8 Å². The fourth-order valence-electron chi connectivity index (χ4n) is 3.20. The van der Waals surface area contributed by atoms with Crippen LogP contribution in [0.4, 0.5) is 0 Å². The van der Waals surface area contributed by atoms with E-state index in [-0.39, 0.29) is 25.4 Å². The molecule has 0 spiro atoms. The lowest BCUT2D eigenvalue weighted by atomic mass is 9.78. The number of amides is 2. The van der Waals surface area contributed by atoms with E-state index < -0.39 is 11.5 Å². The summed E-state index contributed by atoms with van der Waals surface area (Å²) >= 11 is 0. The molecule has 0 radical (unpaired) electrons. The highest BCUT2D eigenvalue weighted by Gasteiger charge is 2.48. The number of nitrogens with one attached hydrogen (secondary N) is 1. The van der Waals surface area contributed by atoms with Crippen LogP contribution in [-0.2, 0) is 16.1 Å². The van der Waals surface area contributed by atoms with Gasteiger partial charge in [-0.2, -0.15) is 13.5 Å². The monoisotopic (exact) mass is 368 g/mol. The lowest BCUT2D eigenvalue weighted by molar-refractivity contribution is -0.169. The highest BCUT2D eigenvalue weighted by atomic mass is 32.1. The molecule has 1 aliphatic heterocycles. The van der Waals surface area contributed by atoms with Gasteiger partial charge in [0.15, 0.2) is 0 Å². The summed E-state index contributed by atoms with van der Waals surface area (Å²) in [6.07, 6.45) is 2.48. The first-order valence-corrected chi connectivity index (χ1v) is 8.07. The highest BCUT2D eigenvalue weighted by Crippen LogP contribution is 2.38. The quantitative estimate of drug-likeness (QED) is 0.625. The zero-order valence-electron chi connectivity index (χ0n) is 14.4. The SMILES string of the molecule is COC1(C(=O)N2Cc3ccc(C(=O)NO)cc3OC[C@@H]2C)CCC1.S. The second kappa shape index (κ2) is 7.63. The number of fused-ring (bicyclic) bond motifs is 1. The zero-order chi connectivity index (χ0) is 17.3. The summed E-state index contributed by atoms with van der Waals surface area (Å²) in [5.74, 6) is -0.0462. The lowest BCUT2D eigenvalue weighted by Crippen LogP contribution is -2.56. The Morgan fingerprint density at radius 1 is 1.40 bits per heavy atom. The molecule has 1 heterocycles. The predicted molar refractivity (Wildman–Crippen MR) is 95.2 cm³/mol. The molecule has 1 saturated carbocycles. The van der Waals surface area contributed by atoms with Gasteiger partial charge in [-0.25, -0.2) is 5.48 Å². The Kier molecular flexibility index (Phi) is 5.97. The maximum Gasteiger partial charge on any atom is 0.274 e. The van der Waals surface area contributed by atoms with Crippen molar-refractivity contribution in [2.45, 2.75) is 44.4 Å². The van der Waals surface area contributed by atoms with Gasteiger partial charge in [0.2, 0.25) is 0 Å². The number of hydrogen-bond acceptors (Lipinski definition) is 5. The van der Waals surface area contributed by atoms with Crippen LogP contribution in [0.2, 0.25) is 0 Å². The van der Waals surface area contributed by atoms with E-state index in [0.29, 0.717) is 24.5 Å². The third-order valence-electron chi connectivity index (χ3n) is 4.99. The lowest BCUT2D eigenvalue weighted by Gasteiger charge is -2.43. The summed E-state index contributed by atoms with van der Waals surface area (Å²) in [4.78, 5) is 26.3. The summed E-state index contributed by atoms with van der Waals surface area (Å²) < 4.78 is 11.3. The summed E-state index contributed by atoms with van der Waals surface area (Å²) in [5.41, 5.74) is 2.04. The van der Waals surface area contributed by atoms with E-state index in [0.717, 1.165) is 24.8 Å². The summed E-state index contributed by atoms with van der Waals surface area (Å²) in [6.45, 7) is 2.68. The van der Waals surface area contributed by atoms with Crippen LogP contribution in [0.15, 0.2) is 18.2 Å². The number of carbonyl (C=O) groups is 2. The van der Waals surface area contributed by atoms with E-state index in [2.05, 4.69) is 0 Å². The number of hydrogen-bond donors (Lipinski definition) is 2. The van der Waals surface area contributed by atoms with E-state index in [1.807, 2.05) is 6.92 Å². The smallest absolute Gasteiger partial charge is 0.274 e. The van der Waals surface area contributed by atoms with Crippen molar-refractivity contribution in [3.8, 4) is 5.75 Å². The third-order valence-corrected chi connectivity index (χ3v) is 4.99. The van der Waals surface area contributed by atoms with Gasteiger partial charge >= 0.3 is 0 Å². The number of carbonyl (C=O) groups excluding carboxylic acids is 2. The van der Waals surface area contributed by atoms with E-state index in [9.17, 15) is 9.59 Å². The highest BCUT2D eigenvalue weighted by molar-refractivity contribution is 7.59. The number of rotatable bonds is 3. The minimum Gasteiger partial charge on any atom is -0.491 e. The van der Waals surface area contributed by atoms with Crippen LogP contribution < -0.4 is 10.2 Å². The van der Waals surface area contributed by atoms with Crippen LogP contribution in [0.5, 0.6) is 5.75 Å². The molecule has 1 aliphatic carbocycles. The first-order valence-electron chi connectivity index (χ1n) is 8.07. The summed E-state index contributed by atoms with van der Waals surface area (Å²) in [7, 11) is 1.59. The van der Waals surface area contributed by atoms with Gasteiger partial charge in [-0.15, -0.1) is 0 Å². The Balaban J connectivity index is 0.00000225. The fraction of sp³-hybridized carbons (Fsp3) is 0.529. The molecule has 2 N–H and O–H groups in total. The van der Waals surface area contributed by atoms with Crippen molar-refractivity contribution in [2.24, 2.45) is 0 Å². The average molecular weight is 368 g/mol. The zero-order valence-corrected chi connectivity index (χ0v) is 15.4. The molecular weight excluding hydrogens is 344 g/mol. The molecule has 3 rings (SSSR count). The van der Waals surface area contributed by atoms with E-state index >= 15 is 0 Å². The number of methoxy groups -OCH3 is 1. The van der Waals surface area contributed by atoms with Crippen molar-refractivity contribution >= 4 is 25.3 Å². The van der Waals surface area contributed by atoms with E-state index in [1.54, 1.807) is 35.7 Å². The molecule has 1 fully saturated rings. The van der Waals surface area contributed by atoms with Gasteiger partial charge in [0.05, 0.1) is 6.04 Å². The van der Waals surface area contributed by atoms with Gasteiger partial charge in [-0.1, -0.05) is 6.07 Å². The average Bonchev–Trinajstić information content (AvgIpc) is 2.72. The summed E-state index contributed by atoms with van der Waals surface area (Å²) in [5, 5.41) is 8.75. The van der Waals surface area contributed by atoms with Crippen molar-refractivity contribution in [1.29, 1.82) is 0 Å². The van der Waals surface area contributed by atoms with Crippen molar-refractivity contribution in [3.05, 3.63) is 29.3 Å². The first-order chi connectivity index (χ1) is 11.5. The number of benzene rings is 1. The second-order valence-corrected chi connectivity index (χ2v) is 6.41. The van der Waals surface area contributed by atoms with E-state index in [1.165, 1.54) is 0 Å². The molecule has 1 aromatic rings. The van der Waals surface area contributed by atoms with Crippen LogP contribution >= 0.6 is 13.5 Å². The largest absolute Gasteiger partial charge is 0.491 e. The predicted octanol–water partition coefficient (Wildman–Crippen LogP) is 1.60. The number of hydroxylamine groups is 1. The molecule has 2 amide bonds. The third kappa shape index (κ3) is 3.47. The van der Waals surface area contributed by atoms with Crippen LogP contribution in [0, 0.1) is 0 Å². The standard InChI is InChI=1S/C17H22N2O5.H2S/c1-11-10-24-14-8-12(15(20)18-22)4-5-13(14)9-19(11)16(21)17(23-2)6-3-7-17;/h4-5,8,11,22H,3,6-7,9-10H2,1-2H3,(H,18,20);1H2/t11-;/m0./s1. The molecule has 1 atom stereocenters. The molecule has 2 aliphatic rings. The van der Waals surface area contributed by atoms with Gasteiger partial charge < -0.3 is 14.4 Å². The van der Waals surface area contributed by atoms with Crippen molar-refractivity contribution < 1.29 is 24.3 Å². The van der Waals surface area contributed by atoms with Crippen LogP contribution in [0.25, 0.3) is 0 Å². The van der Waals surface area contributed by atoms with Gasteiger partial charge in [0.1, 0.15) is 18.0 Å². The molecule has 0 bridgehead atoms. The van der Waals surface area contributed by atoms with Crippen LogP contribution in [0.3, 0.4) is 0 Å². The Bertz CT molecular complexity index is 657. The topological polar surface area (TPSA) is 88.1 Å². The van der Waals surface area contributed by atoms with Crippen molar-refractivity contribution in [2.75, 3.05) is 13.7 Å². The summed E-state index contributed by atoms with van der Waals surface area (Å²) in [6, 6.07) is 4.82. The molecule has 7 nitrogen and oxygen atoms in total. The Morgan fingerprint density at radius 2 is 2.12 bits per heavy atom. The van der Waals surface area contributed by atoms with Gasteiger partial charge in [-0.3, -0.25) is 14.8 Å². The normalized spacial score (nSPS) is 20.9. The molecule has 138 valence electrons. The van der Waals surface area contributed by atoms with Crippen molar-refractivity contribution in [3.63, 3.8) is 0 Å². The van der Waals surface area contributed by atoms with E-state index in [4.69, 9.17) is 14.7 Å². The Hall–Kier alpha value is -1.77. The molecular formula is C17H24N2O5S. The maximum atomic E-state index is 13.0. The second-order valence-electron chi connectivity index (χ2n) is 6.41. The fourth-order valence-corrected chi connectivity index (χ4v) is 3.20. The molecule has 0 unspecified atom stereocenters. The molecule has 0 saturated heterocycles. The minimum absolute atomic E-state index is 0. The molecule has 1 aromatic carbocycles. The molecule has 0 aromatic heterocycles.